The molecule has 0 saturated heterocycles. The van der Waals surface area contributed by atoms with Gasteiger partial charge in [-0.2, -0.15) is 0 Å². The highest BCUT2D eigenvalue weighted by Crippen LogP contribution is 2.27. The highest BCUT2D eigenvalue weighted by molar-refractivity contribution is 9.10. The summed E-state index contributed by atoms with van der Waals surface area (Å²) >= 11 is 10.3. The van der Waals surface area contributed by atoms with Gasteiger partial charge in [-0.25, -0.2) is 4.98 Å². The first kappa shape index (κ1) is 12.0. The van der Waals surface area contributed by atoms with Gasteiger partial charge in [0, 0.05) is 15.5 Å². The van der Waals surface area contributed by atoms with Gasteiger partial charge in [-0.15, -0.1) is 11.3 Å². The van der Waals surface area contributed by atoms with Crippen molar-refractivity contribution in [3.8, 4) is 10.7 Å². The number of H-pyrrole nitrogens is 1. The van der Waals surface area contributed by atoms with Crippen molar-refractivity contribution in [2.45, 2.75) is 19.8 Å². The van der Waals surface area contributed by atoms with Crippen LogP contribution in [0.25, 0.3) is 10.7 Å². The van der Waals surface area contributed by atoms with Crippen molar-refractivity contribution in [2.24, 2.45) is 0 Å². The van der Waals surface area contributed by atoms with E-state index >= 15 is 0 Å². The molecule has 0 atom stereocenters. The third kappa shape index (κ3) is 2.78. The molecule has 16 heavy (non-hydrogen) atoms. The quantitative estimate of drug-likeness (QED) is 0.840. The van der Waals surface area contributed by atoms with Gasteiger partial charge >= 0.3 is 0 Å². The summed E-state index contributed by atoms with van der Waals surface area (Å²) < 4.78 is 1.73. The van der Waals surface area contributed by atoms with Crippen LogP contribution in [-0.4, -0.2) is 9.97 Å². The molecule has 0 bridgehead atoms. The lowest BCUT2D eigenvalue weighted by molar-refractivity contribution is 0.874. The maximum Gasteiger partial charge on any atom is 0.149 e. The molecule has 1 N–H and O–H groups in total. The van der Waals surface area contributed by atoms with Crippen LogP contribution in [0.4, 0.5) is 0 Å². The summed E-state index contributed by atoms with van der Waals surface area (Å²) in [6.45, 7) is 2.15. The fourth-order valence-corrected chi connectivity index (χ4v) is 3.07. The lowest BCUT2D eigenvalue weighted by Gasteiger charge is -2.02. The zero-order chi connectivity index (χ0) is 11.5. The highest BCUT2D eigenvalue weighted by Gasteiger charge is 2.04. The van der Waals surface area contributed by atoms with Crippen molar-refractivity contribution in [1.29, 1.82) is 0 Å². The van der Waals surface area contributed by atoms with Crippen molar-refractivity contribution in [3.63, 3.8) is 0 Å². The summed E-state index contributed by atoms with van der Waals surface area (Å²) in [5.41, 5.74) is 1.15. The molecule has 2 rings (SSSR count). The second-order valence-corrected chi connectivity index (χ2v) is 5.72. The average Bonchev–Trinajstić information content (AvgIpc) is 2.64. The Morgan fingerprint density at radius 3 is 2.94 bits per heavy atom. The second kappa shape index (κ2) is 5.21. The Kier molecular flexibility index (Phi) is 3.89. The Hall–Kier alpha value is -0.520. The van der Waals surface area contributed by atoms with Crippen molar-refractivity contribution >= 4 is 39.5 Å². The average molecular weight is 315 g/mol. The zero-order valence-corrected chi connectivity index (χ0v) is 12.0. The molecule has 0 amide bonds. The van der Waals surface area contributed by atoms with Gasteiger partial charge in [0.1, 0.15) is 10.5 Å². The summed E-state index contributed by atoms with van der Waals surface area (Å²) in [6.07, 6.45) is 2.11. The van der Waals surface area contributed by atoms with Gasteiger partial charge in [-0.3, -0.25) is 0 Å². The van der Waals surface area contributed by atoms with Crippen LogP contribution in [0.5, 0.6) is 0 Å². The minimum Gasteiger partial charge on any atom is -0.342 e. The largest absolute Gasteiger partial charge is 0.342 e. The molecule has 5 heteroatoms. The molecular weight excluding hydrogens is 304 g/mol. The molecule has 0 unspecified atom stereocenters. The smallest absolute Gasteiger partial charge is 0.149 e. The van der Waals surface area contributed by atoms with E-state index in [1.807, 2.05) is 17.5 Å². The Morgan fingerprint density at radius 1 is 1.50 bits per heavy atom. The van der Waals surface area contributed by atoms with Crippen LogP contribution in [0, 0.1) is 4.64 Å². The van der Waals surface area contributed by atoms with Crippen molar-refractivity contribution in [3.05, 3.63) is 32.3 Å². The number of hydrogen-bond donors (Lipinski definition) is 1. The van der Waals surface area contributed by atoms with E-state index in [-0.39, 0.29) is 0 Å². The molecule has 0 fully saturated rings. The van der Waals surface area contributed by atoms with Crippen molar-refractivity contribution in [2.75, 3.05) is 0 Å². The van der Waals surface area contributed by atoms with Crippen molar-refractivity contribution < 1.29 is 0 Å². The summed E-state index contributed by atoms with van der Waals surface area (Å²) in [6, 6.07) is 3.99. The summed E-state index contributed by atoms with van der Waals surface area (Å²) in [5, 5.41) is 2.04. The lowest BCUT2D eigenvalue weighted by Crippen LogP contribution is -1.94. The SMILES string of the molecule is CCCc1cc(=S)nc(-c2cc(Br)cs2)[nH]1. The summed E-state index contributed by atoms with van der Waals surface area (Å²) in [4.78, 5) is 8.78. The van der Waals surface area contributed by atoms with E-state index in [9.17, 15) is 0 Å². The first-order valence-electron chi connectivity index (χ1n) is 5.03. The Labute approximate surface area is 112 Å². The van der Waals surface area contributed by atoms with Crippen LogP contribution in [0.15, 0.2) is 22.0 Å². The molecule has 0 aromatic carbocycles. The number of nitrogens with zero attached hydrogens (tertiary/aromatic N) is 1. The molecule has 0 spiro atoms. The normalized spacial score (nSPS) is 10.6. The fourth-order valence-electron chi connectivity index (χ4n) is 1.47. The Morgan fingerprint density at radius 2 is 2.31 bits per heavy atom. The molecule has 2 nitrogen and oxygen atoms in total. The molecule has 2 heterocycles. The van der Waals surface area contributed by atoms with Crippen molar-refractivity contribution in [1.82, 2.24) is 9.97 Å². The standard InChI is InChI=1S/C11H11BrN2S2/c1-2-3-8-5-10(15)14-11(13-8)9-4-7(12)6-16-9/h4-6H,2-3H2,1H3,(H,13,14,15). The van der Waals surface area contributed by atoms with Crippen LogP contribution in [0.3, 0.4) is 0 Å². The predicted octanol–water partition coefficient (Wildman–Crippen LogP) is 4.58. The number of aryl methyl sites for hydroxylation is 1. The van der Waals surface area contributed by atoms with Gasteiger partial charge < -0.3 is 4.98 Å². The van der Waals surface area contributed by atoms with Gasteiger partial charge in [0.25, 0.3) is 0 Å². The van der Waals surface area contributed by atoms with E-state index in [0.717, 1.165) is 33.7 Å². The summed E-state index contributed by atoms with van der Waals surface area (Å²) in [7, 11) is 0. The van der Waals surface area contributed by atoms with E-state index in [1.165, 1.54) is 0 Å². The van der Waals surface area contributed by atoms with Crippen LogP contribution in [0.1, 0.15) is 19.0 Å². The topological polar surface area (TPSA) is 28.7 Å². The number of halogens is 1. The fraction of sp³-hybridized carbons (Fsp3) is 0.273. The number of hydrogen-bond acceptors (Lipinski definition) is 3. The van der Waals surface area contributed by atoms with E-state index in [4.69, 9.17) is 12.2 Å². The first-order valence-corrected chi connectivity index (χ1v) is 7.12. The Bertz CT molecular complexity index is 545. The first-order chi connectivity index (χ1) is 7.69. The predicted molar refractivity (Wildman–Crippen MR) is 74.4 cm³/mol. The molecule has 84 valence electrons. The second-order valence-electron chi connectivity index (χ2n) is 3.47. The number of nitrogens with one attached hydrogen (secondary N) is 1. The van der Waals surface area contributed by atoms with Crippen LogP contribution in [0.2, 0.25) is 0 Å². The number of aromatic nitrogens is 2. The molecule has 2 aromatic heterocycles. The Balaban J connectivity index is 2.44. The molecule has 0 aliphatic heterocycles. The zero-order valence-electron chi connectivity index (χ0n) is 8.79. The van der Waals surface area contributed by atoms with Crippen LogP contribution < -0.4 is 0 Å². The molecule has 0 aliphatic carbocycles. The van der Waals surface area contributed by atoms with E-state index in [1.54, 1.807) is 11.3 Å². The molecule has 0 saturated carbocycles. The van der Waals surface area contributed by atoms with E-state index in [0.29, 0.717) is 4.64 Å². The number of thiophene rings is 1. The molecular formula is C11H11BrN2S2. The van der Waals surface area contributed by atoms with E-state index < -0.39 is 0 Å². The van der Waals surface area contributed by atoms with Gasteiger partial charge in [0.15, 0.2) is 0 Å². The third-order valence-electron chi connectivity index (χ3n) is 2.12. The highest BCUT2D eigenvalue weighted by atomic mass is 79.9. The maximum absolute atomic E-state index is 5.17. The molecule has 0 radical (unpaired) electrons. The van der Waals surface area contributed by atoms with Crippen LogP contribution >= 0.6 is 39.5 Å². The van der Waals surface area contributed by atoms with Gasteiger partial charge in [-0.05, 0) is 34.5 Å². The van der Waals surface area contributed by atoms with Gasteiger partial charge in [0.2, 0.25) is 0 Å². The minimum atomic E-state index is 0.654. The number of rotatable bonds is 3. The monoisotopic (exact) mass is 314 g/mol. The maximum atomic E-state index is 5.17. The minimum absolute atomic E-state index is 0.654. The van der Waals surface area contributed by atoms with Gasteiger partial charge in [0.05, 0.1) is 4.88 Å². The van der Waals surface area contributed by atoms with Gasteiger partial charge in [-0.1, -0.05) is 25.6 Å². The van der Waals surface area contributed by atoms with E-state index in [2.05, 4.69) is 32.8 Å². The number of aromatic amines is 1. The lowest BCUT2D eigenvalue weighted by atomic mass is 10.2. The molecule has 0 aliphatic rings. The molecule has 2 aromatic rings. The third-order valence-corrected chi connectivity index (χ3v) is 4.03. The van der Waals surface area contributed by atoms with Crippen LogP contribution in [-0.2, 0) is 6.42 Å². The summed E-state index contributed by atoms with van der Waals surface area (Å²) in [5.74, 6) is 0.867.